The Labute approximate surface area is 161 Å². The molecule has 4 nitrogen and oxygen atoms in total. The van der Waals surface area contributed by atoms with E-state index in [9.17, 15) is 8.42 Å². The number of fused-ring (bicyclic) bond motifs is 1. The van der Waals surface area contributed by atoms with Gasteiger partial charge in [0, 0.05) is 11.6 Å². The van der Waals surface area contributed by atoms with Crippen LogP contribution in [0.4, 0.5) is 5.69 Å². The minimum Gasteiger partial charge on any atom is -0.257 e. The van der Waals surface area contributed by atoms with Crippen molar-refractivity contribution in [2.75, 3.05) is 0 Å². The highest BCUT2D eigenvalue weighted by Gasteiger charge is 2.16. The molecule has 1 atom stereocenters. The van der Waals surface area contributed by atoms with Crippen LogP contribution in [-0.4, -0.2) is 14.1 Å². The molecule has 1 aliphatic heterocycles. The molecule has 0 aliphatic carbocycles. The van der Waals surface area contributed by atoms with Crippen LogP contribution >= 0.6 is 0 Å². The van der Waals surface area contributed by atoms with Crippen molar-refractivity contribution < 1.29 is 8.42 Å². The first kappa shape index (κ1) is 19.5. The molecule has 0 spiro atoms. The second-order valence-electron chi connectivity index (χ2n) is 6.95. The van der Waals surface area contributed by atoms with E-state index in [4.69, 9.17) is 10.1 Å². The Morgan fingerprint density at radius 2 is 1.81 bits per heavy atom. The molecule has 142 valence electrons. The van der Waals surface area contributed by atoms with Gasteiger partial charge in [-0.2, -0.15) is 0 Å². The van der Waals surface area contributed by atoms with Gasteiger partial charge in [0.2, 0.25) is 10.0 Å². The van der Waals surface area contributed by atoms with Crippen LogP contribution in [0.25, 0.3) is 17.2 Å². The lowest BCUT2D eigenvalue weighted by molar-refractivity contribution is 0.598. The number of hydrogen-bond donors (Lipinski definition) is 1. The van der Waals surface area contributed by atoms with Crippen molar-refractivity contribution in [2.24, 2.45) is 16.0 Å². The van der Waals surface area contributed by atoms with E-state index in [2.05, 4.69) is 26.0 Å². The van der Waals surface area contributed by atoms with Crippen molar-refractivity contribution in [2.45, 2.75) is 44.4 Å². The molecule has 0 fully saturated rings. The van der Waals surface area contributed by atoms with Crippen molar-refractivity contribution in [1.82, 2.24) is 0 Å². The molecule has 0 amide bonds. The fraction of sp³-hybridized carbons (Fsp3) is 0.318. The van der Waals surface area contributed by atoms with Crippen molar-refractivity contribution in [1.29, 1.82) is 0 Å². The van der Waals surface area contributed by atoms with Gasteiger partial charge >= 0.3 is 0 Å². The predicted octanol–water partition coefficient (Wildman–Crippen LogP) is 5.32. The summed E-state index contributed by atoms with van der Waals surface area (Å²) in [4.78, 5) is 5.12. The first-order valence-corrected chi connectivity index (χ1v) is 11.0. The zero-order chi connectivity index (χ0) is 19.4. The summed E-state index contributed by atoms with van der Waals surface area (Å²) in [6, 6.07) is 12.8. The number of allylic oxidation sites excluding steroid dienone is 1. The first-order chi connectivity index (χ1) is 12.9. The van der Waals surface area contributed by atoms with Crippen molar-refractivity contribution in [3.8, 4) is 11.1 Å². The highest BCUT2D eigenvalue weighted by molar-refractivity contribution is 7.89. The lowest BCUT2D eigenvalue weighted by atomic mass is 9.94. The molecule has 27 heavy (non-hydrogen) atoms. The van der Waals surface area contributed by atoms with Crippen molar-refractivity contribution in [3.63, 3.8) is 0 Å². The Hall–Kier alpha value is -2.24. The summed E-state index contributed by atoms with van der Waals surface area (Å²) in [5, 5.41) is 5.27. The SMILES string of the molecule is CCCC1=Nc2cc(-c3cccc(S(N)(=O)=O)c3)ccc2C=CC1CCC. The second-order valence-corrected chi connectivity index (χ2v) is 8.52. The molecule has 5 heteroatoms. The van der Waals surface area contributed by atoms with E-state index in [1.165, 1.54) is 11.8 Å². The topological polar surface area (TPSA) is 72.5 Å². The number of rotatable bonds is 6. The number of hydrogen-bond acceptors (Lipinski definition) is 3. The van der Waals surface area contributed by atoms with E-state index in [1.54, 1.807) is 12.1 Å². The quantitative estimate of drug-likeness (QED) is 0.734. The lowest BCUT2D eigenvalue weighted by Gasteiger charge is -2.13. The van der Waals surface area contributed by atoms with Crippen LogP contribution in [0.5, 0.6) is 0 Å². The molecule has 3 rings (SSSR count). The van der Waals surface area contributed by atoms with Crippen LogP contribution in [0, 0.1) is 5.92 Å². The van der Waals surface area contributed by atoms with Gasteiger partial charge in [0.05, 0.1) is 10.6 Å². The second kappa shape index (κ2) is 8.19. The Bertz CT molecular complexity index is 991. The summed E-state index contributed by atoms with van der Waals surface area (Å²) < 4.78 is 23.3. The number of nitrogens with zero attached hydrogens (tertiary/aromatic N) is 1. The zero-order valence-corrected chi connectivity index (χ0v) is 16.7. The van der Waals surface area contributed by atoms with Crippen LogP contribution < -0.4 is 5.14 Å². The molecule has 0 radical (unpaired) electrons. The molecule has 2 aromatic rings. The summed E-state index contributed by atoms with van der Waals surface area (Å²) in [5.74, 6) is 0.386. The van der Waals surface area contributed by atoms with E-state index in [1.807, 2.05) is 24.3 Å². The third kappa shape index (κ3) is 4.54. The molecule has 0 saturated heterocycles. The van der Waals surface area contributed by atoms with Gasteiger partial charge in [0.1, 0.15) is 0 Å². The summed E-state index contributed by atoms with van der Waals surface area (Å²) in [5.41, 5.74) is 5.00. The average molecular weight is 383 g/mol. The van der Waals surface area contributed by atoms with Crippen LogP contribution in [0.3, 0.4) is 0 Å². The number of primary sulfonamides is 1. The molecular formula is C22H26N2O2S. The highest BCUT2D eigenvalue weighted by Crippen LogP contribution is 2.33. The summed E-state index contributed by atoms with van der Waals surface area (Å²) in [7, 11) is -3.72. The zero-order valence-electron chi connectivity index (χ0n) is 15.9. The maximum absolute atomic E-state index is 11.7. The average Bonchev–Trinajstić information content (AvgIpc) is 2.81. The highest BCUT2D eigenvalue weighted by atomic mass is 32.2. The van der Waals surface area contributed by atoms with Gasteiger partial charge in [0.15, 0.2) is 0 Å². The summed E-state index contributed by atoms with van der Waals surface area (Å²) in [6.07, 6.45) is 8.71. The molecule has 0 saturated carbocycles. The lowest BCUT2D eigenvalue weighted by Crippen LogP contribution is -2.11. The monoisotopic (exact) mass is 382 g/mol. The standard InChI is InChI=1S/C22H26N2O2S/c1-3-6-16-10-11-17-12-13-19(15-22(17)24-21(16)7-4-2)18-8-5-9-20(14-18)27(23,25)26/h5,8-16H,3-4,6-7H2,1-2H3,(H2,23,25,26). The molecular weight excluding hydrogens is 356 g/mol. The Balaban J connectivity index is 2.05. The maximum atomic E-state index is 11.7. The molecule has 2 aromatic carbocycles. The van der Waals surface area contributed by atoms with E-state index >= 15 is 0 Å². The van der Waals surface area contributed by atoms with Gasteiger partial charge in [0.25, 0.3) is 0 Å². The van der Waals surface area contributed by atoms with Crippen LogP contribution in [-0.2, 0) is 10.0 Å². The van der Waals surface area contributed by atoms with Crippen LogP contribution in [0.15, 0.2) is 58.4 Å². The van der Waals surface area contributed by atoms with E-state index in [-0.39, 0.29) is 4.90 Å². The smallest absolute Gasteiger partial charge is 0.238 e. The van der Waals surface area contributed by atoms with Crippen molar-refractivity contribution >= 4 is 27.5 Å². The van der Waals surface area contributed by atoms with Crippen molar-refractivity contribution in [3.05, 3.63) is 54.1 Å². The maximum Gasteiger partial charge on any atom is 0.238 e. The predicted molar refractivity (Wildman–Crippen MR) is 113 cm³/mol. The number of nitrogens with two attached hydrogens (primary N) is 1. The Kier molecular flexibility index (Phi) is 5.92. The van der Waals surface area contributed by atoms with E-state index < -0.39 is 10.0 Å². The van der Waals surface area contributed by atoms with Gasteiger partial charge in [-0.3, -0.25) is 4.99 Å². The number of benzene rings is 2. The first-order valence-electron chi connectivity index (χ1n) is 9.45. The molecule has 0 aromatic heterocycles. The van der Waals surface area contributed by atoms with Crippen LogP contribution in [0.2, 0.25) is 0 Å². The van der Waals surface area contributed by atoms with Gasteiger partial charge in [-0.25, -0.2) is 13.6 Å². The largest absolute Gasteiger partial charge is 0.257 e. The number of sulfonamides is 1. The van der Waals surface area contributed by atoms with Gasteiger partial charge in [-0.05, 0) is 47.7 Å². The molecule has 1 aliphatic rings. The van der Waals surface area contributed by atoms with E-state index in [0.29, 0.717) is 5.92 Å². The Morgan fingerprint density at radius 1 is 1.04 bits per heavy atom. The fourth-order valence-corrected chi connectivity index (χ4v) is 4.01. The minimum atomic E-state index is -3.72. The normalized spacial score (nSPS) is 16.6. The molecule has 1 unspecified atom stereocenters. The third-order valence-corrected chi connectivity index (χ3v) is 5.74. The van der Waals surface area contributed by atoms with E-state index in [0.717, 1.165) is 48.1 Å². The van der Waals surface area contributed by atoms with Gasteiger partial charge < -0.3 is 0 Å². The number of aliphatic imine (C=N–C) groups is 1. The van der Waals surface area contributed by atoms with Gasteiger partial charge in [-0.1, -0.05) is 63.1 Å². The fourth-order valence-electron chi connectivity index (χ4n) is 3.45. The summed E-state index contributed by atoms with van der Waals surface area (Å²) >= 11 is 0. The Morgan fingerprint density at radius 3 is 2.52 bits per heavy atom. The summed E-state index contributed by atoms with van der Waals surface area (Å²) in [6.45, 7) is 4.38. The minimum absolute atomic E-state index is 0.119. The molecule has 2 N–H and O–H groups in total. The van der Waals surface area contributed by atoms with Gasteiger partial charge in [-0.15, -0.1) is 0 Å². The molecule has 1 heterocycles. The molecule has 0 bridgehead atoms. The third-order valence-electron chi connectivity index (χ3n) is 4.83. The van der Waals surface area contributed by atoms with Crippen LogP contribution in [0.1, 0.15) is 45.1 Å².